The summed E-state index contributed by atoms with van der Waals surface area (Å²) in [6.45, 7) is 7.99. The van der Waals surface area contributed by atoms with Gasteiger partial charge in [-0.2, -0.15) is 0 Å². The molecule has 0 bridgehead atoms. The van der Waals surface area contributed by atoms with Crippen molar-refractivity contribution in [3.63, 3.8) is 0 Å². The van der Waals surface area contributed by atoms with Crippen LogP contribution in [0.4, 0.5) is 0 Å². The van der Waals surface area contributed by atoms with E-state index in [1.54, 1.807) is 12.4 Å². The minimum atomic E-state index is -0.0889. The Balaban J connectivity index is 0.00000220. The van der Waals surface area contributed by atoms with Gasteiger partial charge < -0.3 is 10.2 Å². The summed E-state index contributed by atoms with van der Waals surface area (Å²) in [5, 5.41) is 3.40. The third-order valence-corrected chi connectivity index (χ3v) is 4.16. The van der Waals surface area contributed by atoms with Crippen LogP contribution in [-0.4, -0.2) is 42.0 Å². The number of nitrogens with one attached hydrogen (secondary N) is 1. The van der Waals surface area contributed by atoms with Crippen molar-refractivity contribution in [2.45, 2.75) is 32.6 Å². The topological polar surface area (TPSA) is 45.2 Å². The Morgan fingerprint density at radius 2 is 2.09 bits per heavy atom. The molecule has 1 N–H and O–H groups in total. The molecule has 1 fully saturated rings. The van der Waals surface area contributed by atoms with E-state index in [1.807, 2.05) is 24.0 Å². The zero-order valence-corrected chi connectivity index (χ0v) is 15.0. The Hall–Kier alpha value is -0.840. The van der Waals surface area contributed by atoms with E-state index in [2.05, 4.69) is 17.2 Å². The standard InChI is InChI=1S/C16H25N3O.2ClH/c1-3-17-11-14-6-9-19(10-7-14)16(20)13(2)15-5-4-8-18-12-15;;/h4-5,8,12-14,17H,3,6-7,9-11H2,1-2H3;2*1H. The van der Waals surface area contributed by atoms with Crippen LogP contribution in [0.5, 0.6) is 0 Å². The molecule has 4 nitrogen and oxygen atoms in total. The molecule has 0 spiro atoms. The summed E-state index contributed by atoms with van der Waals surface area (Å²) in [5.41, 5.74) is 1.01. The summed E-state index contributed by atoms with van der Waals surface area (Å²) in [6.07, 6.45) is 5.75. The first kappa shape index (κ1) is 21.2. The zero-order chi connectivity index (χ0) is 14.4. The van der Waals surface area contributed by atoms with Gasteiger partial charge in [0.2, 0.25) is 5.91 Å². The lowest BCUT2D eigenvalue weighted by molar-refractivity contribution is -0.133. The van der Waals surface area contributed by atoms with Crippen LogP contribution in [0.3, 0.4) is 0 Å². The Morgan fingerprint density at radius 3 is 2.64 bits per heavy atom. The predicted molar refractivity (Wildman–Crippen MR) is 95.0 cm³/mol. The molecular formula is C16H27Cl2N3O. The van der Waals surface area contributed by atoms with Crippen molar-refractivity contribution >= 4 is 30.7 Å². The fraction of sp³-hybridized carbons (Fsp3) is 0.625. The first-order valence-corrected chi connectivity index (χ1v) is 7.61. The van der Waals surface area contributed by atoms with Crippen molar-refractivity contribution in [2.24, 2.45) is 5.92 Å². The Morgan fingerprint density at radius 1 is 1.41 bits per heavy atom. The molecule has 2 rings (SSSR count). The van der Waals surface area contributed by atoms with Gasteiger partial charge in [-0.05, 0) is 50.4 Å². The fourth-order valence-corrected chi connectivity index (χ4v) is 2.75. The highest BCUT2D eigenvalue weighted by molar-refractivity contribution is 5.85. The van der Waals surface area contributed by atoms with Crippen molar-refractivity contribution in [3.8, 4) is 0 Å². The number of carbonyl (C=O) groups excluding carboxylic acids is 1. The molecule has 0 aliphatic carbocycles. The van der Waals surface area contributed by atoms with Crippen molar-refractivity contribution in [1.29, 1.82) is 0 Å². The molecule has 0 aromatic carbocycles. The molecule has 1 aromatic rings. The van der Waals surface area contributed by atoms with Crippen LogP contribution in [0.2, 0.25) is 0 Å². The molecule has 6 heteroatoms. The lowest BCUT2D eigenvalue weighted by Crippen LogP contribution is -2.42. The zero-order valence-electron chi connectivity index (χ0n) is 13.3. The highest BCUT2D eigenvalue weighted by Gasteiger charge is 2.26. The van der Waals surface area contributed by atoms with Crippen LogP contribution in [0, 0.1) is 5.92 Å². The van der Waals surface area contributed by atoms with E-state index in [0.717, 1.165) is 44.6 Å². The van der Waals surface area contributed by atoms with Crippen LogP contribution < -0.4 is 5.32 Å². The van der Waals surface area contributed by atoms with Gasteiger partial charge in [-0.3, -0.25) is 9.78 Å². The molecule has 0 radical (unpaired) electrons. The maximum Gasteiger partial charge on any atom is 0.229 e. The second-order valence-corrected chi connectivity index (χ2v) is 5.58. The van der Waals surface area contributed by atoms with E-state index in [1.165, 1.54) is 0 Å². The van der Waals surface area contributed by atoms with Crippen LogP contribution in [0.25, 0.3) is 0 Å². The van der Waals surface area contributed by atoms with Gasteiger partial charge in [-0.1, -0.05) is 13.0 Å². The Kier molecular flexibility index (Phi) is 10.4. The van der Waals surface area contributed by atoms with E-state index < -0.39 is 0 Å². The highest BCUT2D eigenvalue weighted by Crippen LogP contribution is 2.22. The van der Waals surface area contributed by atoms with E-state index >= 15 is 0 Å². The molecule has 2 heterocycles. The van der Waals surface area contributed by atoms with Gasteiger partial charge >= 0.3 is 0 Å². The summed E-state index contributed by atoms with van der Waals surface area (Å²) in [7, 11) is 0. The third-order valence-electron chi connectivity index (χ3n) is 4.16. The highest BCUT2D eigenvalue weighted by atomic mass is 35.5. The average molecular weight is 348 g/mol. The number of likely N-dealkylation sites (tertiary alicyclic amines) is 1. The largest absolute Gasteiger partial charge is 0.342 e. The lowest BCUT2D eigenvalue weighted by Gasteiger charge is -2.33. The number of amides is 1. The van der Waals surface area contributed by atoms with E-state index in [-0.39, 0.29) is 36.6 Å². The van der Waals surface area contributed by atoms with Gasteiger partial charge in [-0.15, -0.1) is 24.8 Å². The van der Waals surface area contributed by atoms with Crippen LogP contribution in [-0.2, 0) is 4.79 Å². The molecule has 1 unspecified atom stereocenters. The third kappa shape index (κ3) is 5.75. The molecular weight excluding hydrogens is 321 g/mol. The summed E-state index contributed by atoms with van der Waals surface area (Å²) in [6, 6.07) is 3.87. The summed E-state index contributed by atoms with van der Waals surface area (Å²) >= 11 is 0. The molecule has 1 saturated heterocycles. The first-order valence-electron chi connectivity index (χ1n) is 7.61. The minimum Gasteiger partial charge on any atom is -0.342 e. The Labute approximate surface area is 145 Å². The van der Waals surface area contributed by atoms with Gasteiger partial charge in [0, 0.05) is 25.5 Å². The maximum atomic E-state index is 12.5. The molecule has 1 aliphatic heterocycles. The van der Waals surface area contributed by atoms with E-state index in [0.29, 0.717) is 5.92 Å². The molecule has 1 aromatic heterocycles. The summed E-state index contributed by atoms with van der Waals surface area (Å²) in [4.78, 5) is 18.6. The Bertz CT molecular complexity index is 423. The van der Waals surface area contributed by atoms with Crippen LogP contribution >= 0.6 is 24.8 Å². The SMILES string of the molecule is CCNCC1CCN(C(=O)C(C)c2cccnc2)CC1.Cl.Cl. The molecule has 1 atom stereocenters. The number of nitrogens with zero attached hydrogens (tertiary/aromatic N) is 2. The van der Waals surface area contributed by atoms with Crippen molar-refractivity contribution in [1.82, 2.24) is 15.2 Å². The van der Waals surface area contributed by atoms with Gasteiger partial charge in [0.05, 0.1) is 5.92 Å². The maximum absolute atomic E-state index is 12.5. The number of hydrogen-bond donors (Lipinski definition) is 1. The van der Waals surface area contributed by atoms with E-state index in [9.17, 15) is 4.79 Å². The number of carbonyl (C=O) groups is 1. The molecule has 22 heavy (non-hydrogen) atoms. The predicted octanol–water partition coefficient (Wildman–Crippen LogP) is 2.88. The van der Waals surface area contributed by atoms with Gasteiger partial charge in [0.1, 0.15) is 0 Å². The second kappa shape index (κ2) is 10.8. The number of pyridine rings is 1. The molecule has 0 saturated carbocycles. The monoisotopic (exact) mass is 347 g/mol. The lowest BCUT2D eigenvalue weighted by atomic mass is 9.94. The summed E-state index contributed by atoms with van der Waals surface area (Å²) < 4.78 is 0. The van der Waals surface area contributed by atoms with E-state index in [4.69, 9.17) is 0 Å². The van der Waals surface area contributed by atoms with Crippen molar-refractivity contribution < 1.29 is 4.79 Å². The second-order valence-electron chi connectivity index (χ2n) is 5.58. The van der Waals surface area contributed by atoms with Gasteiger partial charge in [0.15, 0.2) is 0 Å². The normalized spacial score (nSPS) is 16.4. The average Bonchev–Trinajstić information content (AvgIpc) is 2.53. The van der Waals surface area contributed by atoms with Crippen LogP contribution in [0.1, 0.15) is 38.2 Å². The number of piperidine rings is 1. The smallest absolute Gasteiger partial charge is 0.229 e. The number of hydrogen-bond acceptors (Lipinski definition) is 3. The number of rotatable bonds is 5. The van der Waals surface area contributed by atoms with Crippen molar-refractivity contribution in [3.05, 3.63) is 30.1 Å². The number of aromatic nitrogens is 1. The summed E-state index contributed by atoms with van der Waals surface area (Å²) in [5.74, 6) is 0.863. The first-order chi connectivity index (χ1) is 9.72. The van der Waals surface area contributed by atoms with Gasteiger partial charge in [0.25, 0.3) is 0 Å². The molecule has 126 valence electrons. The molecule has 1 amide bonds. The van der Waals surface area contributed by atoms with Gasteiger partial charge in [-0.25, -0.2) is 0 Å². The quantitative estimate of drug-likeness (QED) is 0.890. The minimum absolute atomic E-state index is 0. The molecule has 1 aliphatic rings. The van der Waals surface area contributed by atoms with Crippen LogP contribution in [0.15, 0.2) is 24.5 Å². The number of halogens is 2. The van der Waals surface area contributed by atoms with Crippen molar-refractivity contribution in [2.75, 3.05) is 26.2 Å². The fourth-order valence-electron chi connectivity index (χ4n) is 2.75.